The molecule has 0 saturated carbocycles. The lowest BCUT2D eigenvalue weighted by Gasteiger charge is -2.09. The number of ether oxygens (including phenoxy) is 3. The van der Waals surface area contributed by atoms with E-state index in [0.717, 1.165) is 17.0 Å². The molecule has 0 spiro atoms. The highest BCUT2D eigenvalue weighted by Crippen LogP contribution is 2.32. The molecule has 0 saturated heterocycles. The van der Waals surface area contributed by atoms with Crippen LogP contribution in [0.1, 0.15) is 10.4 Å². The highest BCUT2D eigenvalue weighted by molar-refractivity contribution is 7.14. The Bertz CT molecular complexity index is 923. The first kappa shape index (κ1) is 17.8. The maximum absolute atomic E-state index is 12.5. The molecule has 3 rings (SSSR count). The third-order valence-corrected chi connectivity index (χ3v) is 4.51. The van der Waals surface area contributed by atoms with Gasteiger partial charge in [-0.25, -0.2) is 4.98 Å². The number of carbonyl (C=O) groups excluding carboxylic acids is 1. The first-order valence-corrected chi connectivity index (χ1v) is 8.66. The number of anilines is 1. The summed E-state index contributed by atoms with van der Waals surface area (Å²) in [6.07, 6.45) is 0. The Morgan fingerprint density at radius 1 is 0.962 bits per heavy atom. The van der Waals surface area contributed by atoms with Crippen molar-refractivity contribution < 1.29 is 19.0 Å². The van der Waals surface area contributed by atoms with E-state index in [2.05, 4.69) is 10.3 Å². The number of carbonyl (C=O) groups is 1. The van der Waals surface area contributed by atoms with Crippen LogP contribution in [0.4, 0.5) is 5.13 Å². The Labute approximate surface area is 155 Å². The summed E-state index contributed by atoms with van der Waals surface area (Å²) in [4.78, 5) is 17.0. The largest absolute Gasteiger partial charge is 0.496 e. The Morgan fingerprint density at radius 2 is 1.69 bits per heavy atom. The highest BCUT2D eigenvalue weighted by Gasteiger charge is 2.14. The van der Waals surface area contributed by atoms with Gasteiger partial charge in [0.25, 0.3) is 5.91 Å². The smallest absolute Gasteiger partial charge is 0.257 e. The first-order valence-electron chi connectivity index (χ1n) is 7.78. The van der Waals surface area contributed by atoms with Gasteiger partial charge in [0.05, 0.1) is 27.0 Å². The number of nitrogens with zero attached hydrogens (tertiary/aromatic N) is 1. The van der Waals surface area contributed by atoms with Gasteiger partial charge in [0.15, 0.2) is 16.6 Å². The molecule has 26 heavy (non-hydrogen) atoms. The number of para-hydroxylation sites is 1. The van der Waals surface area contributed by atoms with E-state index >= 15 is 0 Å². The fraction of sp³-hybridized carbons (Fsp3) is 0.158. The lowest BCUT2D eigenvalue weighted by atomic mass is 10.1. The van der Waals surface area contributed by atoms with Crippen molar-refractivity contribution in [1.29, 1.82) is 0 Å². The van der Waals surface area contributed by atoms with Gasteiger partial charge >= 0.3 is 0 Å². The zero-order chi connectivity index (χ0) is 18.5. The number of benzene rings is 2. The number of aromatic nitrogens is 1. The first-order chi connectivity index (χ1) is 12.7. The van der Waals surface area contributed by atoms with E-state index in [1.807, 2.05) is 29.6 Å². The van der Waals surface area contributed by atoms with Crippen molar-refractivity contribution in [2.45, 2.75) is 0 Å². The quantitative estimate of drug-likeness (QED) is 0.708. The molecule has 0 aliphatic rings. The monoisotopic (exact) mass is 370 g/mol. The standard InChI is InChI=1S/C19H18N2O4S/c1-23-15-7-5-4-6-13(15)14-11-26-19(20-14)21-18(22)12-8-9-16(24-2)17(10-12)25-3/h4-11H,1-3H3,(H,20,21,22). The third kappa shape index (κ3) is 3.62. The van der Waals surface area contributed by atoms with Crippen LogP contribution in [0.2, 0.25) is 0 Å². The predicted molar refractivity (Wildman–Crippen MR) is 102 cm³/mol. The average Bonchev–Trinajstić information content (AvgIpc) is 3.15. The van der Waals surface area contributed by atoms with Crippen LogP contribution in [0.3, 0.4) is 0 Å². The van der Waals surface area contributed by atoms with Crippen LogP contribution in [-0.2, 0) is 0 Å². The van der Waals surface area contributed by atoms with E-state index < -0.39 is 0 Å². The molecule has 0 unspecified atom stereocenters. The Balaban J connectivity index is 1.80. The fourth-order valence-corrected chi connectivity index (χ4v) is 3.16. The van der Waals surface area contributed by atoms with Crippen molar-refractivity contribution in [2.24, 2.45) is 0 Å². The van der Waals surface area contributed by atoms with Gasteiger partial charge in [-0.2, -0.15) is 0 Å². The number of hydrogen-bond acceptors (Lipinski definition) is 6. The van der Waals surface area contributed by atoms with Gasteiger partial charge in [0.2, 0.25) is 0 Å². The van der Waals surface area contributed by atoms with Crippen LogP contribution >= 0.6 is 11.3 Å². The Morgan fingerprint density at radius 3 is 2.42 bits per heavy atom. The van der Waals surface area contributed by atoms with E-state index in [0.29, 0.717) is 22.2 Å². The summed E-state index contributed by atoms with van der Waals surface area (Å²) in [5.74, 6) is 1.52. The van der Waals surface area contributed by atoms with Crippen molar-refractivity contribution in [1.82, 2.24) is 4.98 Å². The Kier molecular flexibility index (Phi) is 5.38. The molecule has 0 aliphatic heterocycles. The lowest BCUT2D eigenvalue weighted by molar-refractivity contribution is 0.102. The maximum Gasteiger partial charge on any atom is 0.257 e. The molecule has 0 fully saturated rings. The van der Waals surface area contributed by atoms with Crippen molar-refractivity contribution in [3.8, 4) is 28.5 Å². The molecule has 1 amide bonds. The zero-order valence-corrected chi connectivity index (χ0v) is 15.4. The molecule has 0 aliphatic carbocycles. The molecule has 0 bridgehead atoms. The SMILES string of the molecule is COc1ccc(C(=O)Nc2nc(-c3ccccc3OC)cs2)cc1OC. The van der Waals surface area contributed by atoms with Gasteiger partial charge in [-0.3, -0.25) is 10.1 Å². The van der Waals surface area contributed by atoms with Crippen molar-refractivity contribution in [3.63, 3.8) is 0 Å². The van der Waals surface area contributed by atoms with Crippen LogP contribution < -0.4 is 19.5 Å². The van der Waals surface area contributed by atoms with Gasteiger partial charge in [0.1, 0.15) is 5.75 Å². The normalized spacial score (nSPS) is 10.3. The molecule has 134 valence electrons. The summed E-state index contributed by atoms with van der Waals surface area (Å²) in [5, 5.41) is 5.19. The predicted octanol–water partition coefficient (Wildman–Crippen LogP) is 4.09. The van der Waals surface area contributed by atoms with E-state index in [1.165, 1.54) is 18.4 Å². The van der Waals surface area contributed by atoms with Crippen molar-refractivity contribution >= 4 is 22.4 Å². The second-order valence-electron chi connectivity index (χ2n) is 5.26. The van der Waals surface area contributed by atoms with E-state index in [9.17, 15) is 4.79 Å². The molecule has 1 aromatic heterocycles. The fourth-order valence-electron chi connectivity index (χ4n) is 2.46. The summed E-state index contributed by atoms with van der Waals surface area (Å²) in [6, 6.07) is 12.6. The van der Waals surface area contributed by atoms with Gasteiger partial charge < -0.3 is 14.2 Å². The van der Waals surface area contributed by atoms with Crippen LogP contribution in [0.25, 0.3) is 11.3 Å². The summed E-state index contributed by atoms with van der Waals surface area (Å²) in [5.41, 5.74) is 2.07. The zero-order valence-electron chi connectivity index (χ0n) is 14.6. The Hall–Kier alpha value is -3.06. The minimum Gasteiger partial charge on any atom is -0.496 e. The van der Waals surface area contributed by atoms with Crippen LogP contribution in [0.15, 0.2) is 47.8 Å². The summed E-state index contributed by atoms with van der Waals surface area (Å²) in [7, 11) is 4.69. The molecule has 1 N–H and O–H groups in total. The van der Waals surface area contributed by atoms with Crippen LogP contribution in [0, 0.1) is 0 Å². The van der Waals surface area contributed by atoms with Crippen molar-refractivity contribution in [2.75, 3.05) is 26.6 Å². The second-order valence-corrected chi connectivity index (χ2v) is 6.12. The molecular weight excluding hydrogens is 352 g/mol. The second kappa shape index (κ2) is 7.88. The average molecular weight is 370 g/mol. The molecule has 2 aromatic carbocycles. The van der Waals surface area contributed by atoms with Crippen LogP contribution in [0.5, 0.6) is 17.2 Å². The summed E-state index contributed by atoms with van der Waals surface area (Å²) >= 11 is 1.35. The topological polar surface area (TPSA) is 69.7 Å². The molecule has 0 atom stereocenters. The number of rotatable bonds is 6. The number of nitrogens with one attached hydrogen (secondary N) is 1. The molecule has 6 nitrogen and oxygen atoms in total. The molecule has 1 heterocycles. The summed E-state index contributed by atoms with van der Waals surface area (Å²) in [6.45, 7) is 0. The molecule has 0 radical (unpaired) electrons. The maximum atomic E-state index is 12.5. The van der Waals surface area contributed by atoms with Crippen LogP contribution in [-0.4, -0.2) is 32.2 Å². The number of methoxy groups -OCH3 is 3. The van der Waals surface area contributed by atoms with Gasteiger partial charge in [-0.05, 0) is 30.3 Å². The molecule has 7 heteroatoms. The third-order valence-electron chi connectivity index (χ3n) is 3.75. The number of hydrogen-bond donors (Lipinski definition) is 1. The van der Waals surface area contributed by atoms with E-state index in [-0.39, 0.29) is 5.91 Å². The van der Waals surface area contributed by atoms with Gasteiger partial charge in [-0.15, -0.1) is 11.3 Å². The number of amides is 1. The summed E-state index contributed by atoms with van der Waals surface area (Å²) < 4.78 is 15.8. The minimum atomic E-state index is -0.271. The minimum absolute atomic E-state index is 0.271. The molecule has 3 aromatic rings. The van der Waals surface area contributed by atoms with Gasteiger partial charge in [-0.1, -0.05) is 12.1 Å². The lowest BCUT2D eigenvalue weighted by Crippen LogP contribution is -2.12. The highest BCUT2D eigenvalue weighted by atomic mass is 32.1. The van der Waals surface area contributed by atoms with E-state index in [1.54, 1.807) is 32.4 Å². The molecular formula is C19H18N2O4S. The van der Waals surface area contributed by atoms with Crippen molar-refractivity contribution in [3.05, 3.63) is 53.4 Å². The number of thiazole rings is 1. The van der Waals surface area contributed by atoms with Gasteiger partial charge in [0, 0.05) is 16.5 Å². The van der Waals surface area contributed by atoms with E-state index in [4.69, 9.17) is 14.2 Å².